The Bertz CT molecular complexity index is 668. The maximum Gasteiger partial charge on any atom is 0.171 e. The first-order chi connectivity index (χ1) is 9.88. The third-order valence-electron chi connectivity index (χ3n) is 4.18. The van der Waals surface area contributed by atoms with Gasteiger partial charge in [0.2, 0.25) is 0 Å². The second kappa shape index (κ2) is 4.38. The molecule has 0 aromatic heterocycles. The van der Waals surface area contributed by atoms with E-state index in [0.29, 0.717) is 0 Å². The highest BCUT2D eigenvalue weighted by Gasteiger charge is 2.40. The van der Waals surface area contributed by atoms with Crippen LogP contribution in [0.1, 0.15) is 18.4 Å². The van der Waals surface area contributed by atoms with E-state index in [2.05, 4.69) is 60.7 Å². The molecule has 1 aliphatic heterocycles. The van der Waals surface area contributed by atoms with E-state index in [1.165, 1.54) is 11.1 Å². The van der Waals surface area contributed by atoms with Gasteiger partial charge in [-0.05, 0) is 36.1 Å². The lowest BCUT2D eigenvalue weighted by atomic mass is 9.81. The summed E-state index contributed by atoms with van der Waals surface area (Å²) >= 11 is 0. The molecule has 0 spiro atoms. The van der Waals surface area contributed by atoms with Gasteiger partial charge in [0.15, 0.2) is 5.60 Å². The first kappa shape index (κ1) is 11.5. The molecule has 0 saturated carbocycles. The Balaban J connectivity index is 1.82. The molecule has 2 aliphatic carbocycles. The zero-order chi connectivity index (χ0) is 13.4. The standard InChI is InChI=1S/C19H16O/c1-6-12-18-15(7-1)13-14-19(20-18,16-8-2-3-9-16)17-10-4-5-11-17/h1-8,10,12-14H,9,11H2. The minimum absolute atomic E-state index is 0.401. The second-order valence-electron chi connectivity index (χ2n) is 5.36. The smallest absolute Gasteiger partial charge is 0.171 e. The first-order valence-electron chi connectivity index (χ1n) is 7.08. The van der Waals surface area contributed by atoms with Crippen molar-refractivity contribution in [2.45, 2.75) is 18.4 Å². The molecule has 0 N–H and O–H groups in total. The van der Waals surface area contributed by atoms with Gasteiger partial charge in [-0.2, -0.15) is 0 Å². The highest BCUT2D eigenvalue weighted by atomic mass is 16.5. The van der Waals surface area contributed by atoms with Crippen molar-refractivity contribution in [2.24, 2.45) is 0 Å². The van der Waals surface area contributed by atoms with Crippen LogP contribution in [-0.2, 0) is 0 Å². The predicted molar refractivity (Wildman–Crippen MR) is 82.5 cm³/mol. The van der Waals surface area contributed by atoms with Gasteiger partial charge in [-0.3, -0.25) is 0 Å². The number of fused-ring (bicyclic) bond motifs is 1. The summed E-state index contributed by atoms with van der Waals surface area (Å²) in [4.78, 5) is 0. The molecule has 98 valence electrons. The fraction of sp³-hybridized carbons (Fsp3) is 0.158. The second-order valence-corrected chi connectivity index (χ2v) is 5.36. The zero-order valence-corrected chi connectivity index (χ0v) is 11.3. The van der Waals surface area contributed by atoms with Gasteiger partial charge >= 0.3 is 0 Å². The van der Waals surface area contributed by atoms with Crippen LogP contribution in [0, 0.1) is 0 Å². The molecule has 0 radical (unpaired) electrons. The summed E-state index contributed by atoms with van der Waals surface area (Å²) in [5.74, 6) is 0.968. The maximum atomic E-state index is 6.48. The average Bonchev–Trinajstić information content (AvgIpc) is 3.20. The van der Waals surface area contributed by atoms with Crippen molar-refractivity contribution < 1.29 is 4.74 Å². The van der Waals surface area contributed by atoms with Crippen molar-refractivity contribution in [1.29, 1.82) is 0 Å². The number of hydrogen-bond acceptors (Lipinski definition) is 1. The number of hydrogen-bond donors (Lipinski definition) is 0. The summed E-state index contributed by atoms with van der Waals surface area (Å²) in [6, 6.07) is 8.23. The Hall–Kier alpha value is -2.28. The minimum atomic E-state index is -0.401. The molecule has 0 atom stereocenters. The van der Waals surface area contributed by atoms with Crippen LogP contribution >= 0.6 is 0 Å². The van der Waals surface area contributed by atoms with Gasteiger partial charge in [0.25, 0.3) is 0 Å². The van der Waals surface area contributed by atoms with Crippen molar-refractivity contribution in [3.63, 3.8) is 0 Å². The minimum Gasteiger partial charge on any atom is -0.474 e. The van der Waals surface area contributed by atoms with E-state index in [1.54, 1.807) is 0 Å². The summed E-state index contributed by atoms with van der Waals surface area (Å²) in [5.41, 5.74) is 3.39. The van der Waals surface area contributed by atoms with Crippen molar-refractivity contribution in [1.82, 2.24) is 0 Å². The topological polar surface area (TPSA) is 9.23 Å². The van der Waals surface area contributed by atoms with Crippen molar-refractivity contribution >= 4 is 6.08 Å². The summed E-state index contributed by atoms with van der Waals surface area (Å²) in [5, 5.41) is 0. The van der Waals surface area contributed by atoms with Crippen molar-refractivity contribution in [3.8, 4) is 5.75 Å². The van der Waals surface area contributed by atoms with Crippen LogP contribution in [0.3, 0.4) is 0 Å². The van der Waals surface area contributed by atoms with E-state index in [0.717, 1.165) is 24.2 Å². The molecule has 0 amide bonds. The average molecular weight is 260 g/mol. The molecular weight excluding hydrogens is 244 g/mol. The van der Waals surface area contributed by atoms with Gasteiger partial charge < -0.3 is 4.74 Å². The zero-order valence-electron chi connectivity index (χ0n) is 11.3. The molecule has 1 aromatic rings. The van der Waals surface area contributed by atoms with Crippen LogP contribution in [0.15, 0.2) is 77.9 Å². The molecule has 0 unspecified atom stereocenters. The Morgan fingerprint density at radius 1 is 0.900 bits per heavy atom. The molecule has 1 heterocycles. The number of ether oxygens (including phenoxy) is 1. The molecule has 1 heteroatoms. The summed E-state index contributed by atoms with van der Waals surface area (Å²) in [6.07, 6.45) is 19.3. The summed E-state index contributed by atoms with van der Waals surface area (Å²) < 4.78 is 6.48. The van der Waals surface area contributed by atoms with E-state index in [1.807, 2.05) is 12.1 Å². The molecule has 20 heavy (non-hydrogen) atoms. The van der Waals surface area contributed by atoms with Crippen LogP contribution in [0.2, 0.25) is 0 Å². The van der Waals surface area contributed by atoms with Gasteiger partial charge in [0, 0.05) is 5.56 Å². The number of benzene rings is 1. The molecule has 0 fully saturated rings. The fourth-order valence-corrected chi connectivity index (χ4v) is 3.12. The lowest BCUT2D eigenvalue weighted by molar-refractivity contribution is 0.189. The van der Waals surface area contributed by atoms with E-state index in [-0.39, 0.29) is 0 Å². The Morgan fingerprint density at radius 2 is 1.60 bits per heavy atom. The SMILES string of the molecule is C1=CCC(C2(C3=CC=CC3)C=Cc3ccccc3O2)=C1. The number of para-hydroxylation sites is 1. The van der Waals surface area contributed by atoms with Crippen LogP contribution in [0.25, 0.3) is 6.08 Å². The molecule has 0 saturated heterocycles. The lowest BCUT2D eigenvalue weighted by Crippen LogP contribution is -2.39. The van der Waals surface area contributed by atoms with Gasteiger partial charge in [-0.1, -0.05) is 60.7 Å². The molecular formula is C19H16O. The van der Waals surface area contributed by atoms with Crippen LogP contribution in [-0.4, -0.2) is 5.60 Å². The maximum absolute atomic E-state index is 6.48. The largest absolute Gasteiger partial charge is 0.474 e. The quantitative estimate of drug-likeness (QED) is 0.755. The summed E-state index contributed by atoms with van der Waals surface area (Å²) in [6.45, 7) is 0. The van der Waals surface area contributed by atoms with E-state index >= 15 is 0 Å². The Morgan fingerprint density at radius 3 is 2.25 bits per heavy atom. The van der Waals surface area contributed by atoms with Gasteiger partial charge in [0.05, 0.1) is 0 Å². The van der Waals surface area contributed by atoms with Gasteiger partial charge in [0.1, 0.15) is 5.75 Å². The molecule has 3 aliphatic rings. The lowest BCUT2D eigenvalue weighted by Gasteiger charge is -2.37. The van der Waals surface area contributed by atoms with Gasteiger partial charge in [-0.25, -0.2) is 0 Å². The Kier molecular flexibility index (Phi) is 2.53. The number of allylic oxidation sites excluding steroid dienone is 6. The van der Waals surface area contributed by atoms with E-state index in [9.17, 15) is 0 Å². The Labute approximate surface area is 119 Å². The highest BCUT2D eigenvalue weighted by molar-refractivity contribution is 5.66. The van der Waals surface area contributed by atoms with Gasteiger partial charge in [-0.15, -0.1) is 0 Å². The third kappa shape index (κ3) is 1.63. The monoisotopic (exact) mass is 260 g/mol. The van der Waals surface area contributed by atoms with Crippen LogP contribution in [0.4, 0.5) is 0 Å². The van der Waals surface area contributed by atoms with Crippen molar-refractivity contribution in [3.05, 3.63) is 83.5 Å². The molecule has 1 aromatic carbocycles. The van der Waals surface area contributed by atoms with E-state index in [4.69, 9.17) is 4.74 Å². The summed E-state index contributed by atoms with van der Waals surface area (Å²) in [7, 11) is 0. The van der Waals surface area contributed by atoms with Crippen molar-refractivity contribution in [2.75, 3.05) is 0 Å². The molecule has 1 nitrogen and oxygen atoms in total. The first-order valence-corrected chi connectivity index (χ1v) is 7.08. The van der Waals surface area contributed by atoms with E-state index < -0.39 is 5.60 Å². The number of rotatable bonds is 2. The highest BCUT2D eigenvalue weighted by Crippen LogP contribution is 2.44. The van der Waals surface area contributed by atoms with Crippen LogP contribution in [0.5, 0.6) is 5.75 Å². The molecule has 0 bridgehead atoms. The normalized spacial score (nSPS) is 21.4. The molecule has 4 rings (SSSR count). The van der Waals surface area contributed by atoms with Crippen LogP contribution < -0.4 is 4.74 Å². The fourth-order valence-electron chi connectivity index (χ4n) is 3.12. The predicted octanol–water partition coefficient (Wildman–Crippen LogP) is 4.60. The third-order valence-corrected chi connectivity index (χ3v) is 4.18.